The molecule has 0 radical (unpaired) electrons. The first-order valence-electron chi connectivity index (χ1n) is 12.0. The van der Waals surface area contributed by atoms with Crippen LogP contribution < -0.4 is 0 Å². The maximum absolute atomic E-state index is 13.7. The van der Waals surface area contributed by atoms with Crippen molar-refractivity contribution in [3.05, 3.63) is 0 Å². The molecule has 4 fully saturated rings. The van der Waals surface area contributed by atoms with Crippen LogP contribution in [0.3, 0.4) is 0 Å². The lowest BCUT2D eigenvalue weighted by Crippen LogP contribution is -2.62. The molecule has 4 aliphatic carbocycles. The minimum atomic E-state index is -1.64. The molecule has 178 valence electrons. The predicted molar refractivity (Wildman–Crippen MR) is 114 cm³/mol. The molecule has 7 nitrogen and oxygen atoms in total. The lowest BCUT2D eigenvalue weighted by atomic mass is 9.44. The van der Waals surface area contributed by atoms with Gasteiger partial charge < -0.3 is 14.6 Å². The Balaban J connectivity index is 1.57. The number of aliphatic hydroxyl groups is 1. The van der Waals surface area contributed by atoms with Crippen LogP contribution in [0, 0.1) is 34.5 Å². The van der Waals surface area contributed by atoms with Crippen LogP contribution in [0.4, 0.5) is 0 Å². The lowest BCUT2D eigenvalue weighted by Gasteiger charge is -2.60. The summed E-state index contributed by atoms with van der Waals surface area (Å²) < 4.78 is 10.4. The number of carbonyl (C=O) groups is 4. The van der Waals surface area contributed by atoms with Crippen LogP contribution in [0.2, 0.25) is 0 Å². The molecule has 8 atom stereocenters. The van der Waals surface area contributed by atoms with Crippen LogP contribution in [0.25, 0.3) is 0 Å². The first-order chi connectivity index (χ1) is 14.9. The second-order valence-corrected chi connectivity index (χ2v) is 11.2. The third kappa shape index (κ3) is 3.42. The van der Waals surface area contributed by atoms with Gasteiger partial charge >= 0.3 is 11.9 Å². The van der Waals surface area contributed by atoms with Crippen molar-refractivity contribution in [1.29, 1.82) is 0 Å². The van der Waals surface area contributed by atoms with Crippen LogP contribution in [-0.2, 0) is 28.7 Å². The van der Waals surface area contributed by atoms with E-state index in [2.05, 4.69) is 6.92 Å². The molecule has 0 aliphatic heterocycles. The Morgan fingerprint density at radius 2 is 1.75 bits per heavy atom. The molecule has 0 spiro atoms. The summed E-state index contributed by atoms with van der Waals surface area (Å²) in [5.41, 5.74) is -2.61. The molecule has 4 rings (SSSR count). The molecular formula is C25H36O7. The summed E-state index contributed by atoms with van der Waals surface area (Å²) in [5.74, 6) is -0.677. The number of hydrogen-bond donors (Lipinski definition) is 1. The van der Waals surface area contributed by atoms with Gasteiger partial charge in [0, 0.05) is 31.6 Å². The fourth-order valence-corrected chi connectivity index (χ4v) is 8.12. The van der Waals surface area contributed by atoms with E-state index in [-0.39, 0.29) is 47.4 Å². The fourth-order valence-electron chi connectivity index (χ4n) is 8.12. The number of ketones is 2. The van der Waals surface area contributed by atoms with Gasteiger partial charge in [0.05, 0.1) is 0 Å². The number of ether oxygens (including phenoxy) is 2. The van der Waals surface area contributed by atoms with E-state index in [1.54, 1.807) is 0 Å². The molecule has 7 heteroatoms. The zero-order valence-electron chi connectivity index (χ0n) is 19.6. The molecule has 4 saturated carbocycles. The Morgan fingerprint density at radius 3 is 2.41 bits per heavy atom. The third-order valence-electron chi connectivity index (χ3n) is 9.66. The Kier molecular flexibility index (Phi) is 5.80. The summed E-state index contributed by atoms with van der Waals surface area (Å²) in [6.45, 7) is 6.34. The minimum Gasteiger partial charge on any atom is -0.463 e. The van der Waals surface area contributed by atoms with E-state index < -0.39 is 29.4 Å². The van der Waals surface area contributed by atoms with Gasteiger partial charge in [-0.25, -0.2) is 0 Å². The van der Waals surface area contributed by atoms with Crippen LogP contribution in [-0.4, -0.2) is 46.9 Å². The Hall–Kier alpha value is -1.76. The van der Waals surface area contributed by atoms with Crippen LogP contribution >= 0.6 is 0 Å². The molecule has 0 aromatic heterocycles. The van der Waals surface area contributed by atoms with Crippen molar-refractivity contribution >= 4 is 23.5 Å². The standard InChI is InChI=1S/C25H36O7/c1-14(26)31-13-21(29)25(30)10-8-19-18-6-5-16-11-17(32-15(2)27)7-9-23(16,3)22(18)20(28)12-24(19,25)4/h16-19,22,30H,5-13H2,1-4H3/t16-,17-,18-,19-,22+,23-,24-,25-/m0/s1. The van der Waals surface area contributed by atoms with Crippen molar-refractivity contribution in [1.82, 2.24) is 0 Å². The molecule has 0 aromatic rings. The Bertz CT molecular complexity index is 836. The predicted octanol–water partition coefficient (Wildman–Crippen LogP) is 3.00. The second-order valence-electron chi connectivity index (χ2n) is 11.2. The fraction of sp³-hybridized carbons (Fsp3) is 0.840. The molecule has 0 aromatic carbocycles. The van der Waals surface area contributed by atoms with E-state index >= 15 is 0 Å². The number of esters is 2. The average Bonchev–Trinajstić information content (AvgIpc) is 2.97. The summed E-state index contributed by atoms with van der Waals surface area (Å²) in [6.07, 6.45) is 5.39. The van der Waals surface area contributed by atoms with Gasteiger partial charge in [0.25, 0.3) is 0 Å². The van der Waals surface area contributed by atoms with Crippen molar-refractivity contribution in [2.24, 2.45) is 34.5 Å². The van der Waals surface area contributed by atoms with Crippen LogP contribution in [0.5, 0.6) is 0 Å². The summed E-state index contributed by atoms with van der Waals surface area (Å²) in [5, 5.41) is 11.5. The van der Waals surface area contributed by atoms with E-state index in [1.165, 1.54) is 13.8 Å². The van der Waals surface area contributed by atoms with E-state index in [0.717, 1.165) is 32.1 Å². The molecule has 0 unspecified atom stereocenters. The number of Topliss-reactive ketones (excluding diaryl/α,β-unsaturated/α-hetero) is 2. The molecule has 1 N–H and O–H groups in total. The van der Waals surface area contributed by atoms with Crippen LogP contribution in [0.1, 0.15) is 79.1 Å². The smallest absolute Gasteiger partial charge is 0.303 e. The molecular weight excluding hydrogens is 412 g/mol. The number of rotatable bonds is 4. The quantitative estimate of drug-likeness (QED) is 0.659. The maximum Gasteiger partial charge on any atom is 0.303 e. The highest BCUT2D eigenvalue weighted by Crippen LogP contribution is 2.67. The zero-order valence-corrected chi connectivity index (χ0v) is 19.6. The molecule has 0 bridgehead atoms. The largest absolute Gasteiger partial charge is 0.463 e. The molecule has 0 amide bonds. The van der Waals surface area contributed by atoms with E-state index in [9.17, 15) is 24.3 Å². The van der Waals surface area contributed by atoms with Gasteiger partial charge in [-0.15, -0.1) is 0 Å². The van der Waals surface area contributed by atoms with Gasteiger partial charge in [-0.2, -0.15) is 0 Å². The summed E-state index contributed by atoms with van der Waals surface area (Å²) in [6, 6.07) is 0. The van der Waals surface area contributed by atoms with Gasteiger partial charge in [0.15, 0.2) is 6.61 Å². The average molecular weight is 449 g/mol. The summed E-state index contributed by atoms with van der Waals surface area (Å²) in [7, 11) is 0. The van der Waals surface area contributed by atoms with Gasteiger partial charge in [0.1, 0.15) is 17.5 Å². The van der Waals surface area contributed by atoms with Gasteiger partial charge in [0.2, 0.25) is 5.78 Å². The summed E-state index contributed by atoms with van der Waals surface area (Å²) >= 11 is 0. The molecule has 4 aliphatic rings. The lowest BCUT2D eigenvalue weighted by molar-refractivity contribution is -0.183. The van der Waals surface area contributed by atoms with Gasteiger partial charge in [-0.1, -0.05) is 13.8 Å². The van der Waals surface area contributed by atoms with E-state index in [4.69, 9.17) is 9.47 Å². The summed E-state index contributed by atoms with van der Waals surface area (Å²) in [4.78, 5) is 49.2. The van der Waals surface area contributed by atoms with E-state index in [0.29, 0.717) is 18.8 Å². The van der Waals surface area contributed by atoms with Crippen molar-refractivity contribution < 1.29 is 33.8 Å². The van der Waals surface area contributed by atoms with Gasteiger partial charge in [-0.05, 0) is 68.1 Å². The van der Waals surface area contributed by atoms with Crippen molar-refractivity contribution in [2.45, 2.75) is 90.8 Å². The Morgan fingerprint density at radius 1 is 1.03 bits per heavy atom. The first-order valence-corrected chi connectivity index (χ1v) is 12.0. The zero-order chi connectivity index (χ0) is 23.5. The van der Waals surface area contributed by atoms with E-state index in [1.807, 2.05) is 6.92 Å². The number of carbonyl (C=O) groups excluding carboxylic acids is 4. The van der Waals surface area contributed by atoms with Crippen molar-refractivity contribution in [3.8, 4) is 0 Å². The normalized spacial score (nSPS) is 45.3. The Labute approximate surface area is 189 Å². The highest BCUT2D eigenvalue weighted by Gasteiger charge is 2.69. The van der Waals surface area contributed by atoms with Gasteiger partial charge in [-0.3, -0.25) is 19.2 Å². The first kappa shape index (κ1) is 23.4. The highest BCUT2D eigenvalue weighted by atomic mass is 16.5. The SMILES string of the molecule is CC(=O)OCC(=O)[C@@]1(O)CC[C@H]2[C@@H]3CC[C@H]4C[C@@H](OC(C)=O)CC[C@]4(C)[C@H]3C(=O)C[C@@]21C. The van der Waals surface area contributed by atoms with Crippen molar-refractivity contribution in [2.75, 3.05) is 6.61 Å². The highest BCUT2D eigenvalue weighted by molar-refractivity contribution is 5.93. The number of hydrogen-bond acceptors (Lipinski definition) is 7. The molecule has 0 saturated heterocycles. The molecule has 32 heavy (non-hydrogen) atoms. The molecule has 0 heterocycles. The topological polar surface area (TPSA) is 107 Å². The number of fused-ring (bicyclic) bond motifs is 5. The minimum absolute atomic E-state index is 0.0680. The maximum atomic E-state index is 13.7. The van der Waals surface area contributed by atoms with Crippen molar-refractivity contribution in [3.63, 3.8) is 0 Å². The third-order valence-corrected chi connectivity index (χ3v) is 9.66. The monoisotopic (exact) mass is 448 g/mol. The second kappa shape index (κ2) is 7.93. The van der Waals surface area contributed by atoms with Crippen LogP contribution in [0.15, 0.2) is 0 Å².